The highest BCUT2D eigenvalue weighted by molar-refractivity contribution is 5.66. The lowest BCUT2D eigenvalue weighted by Crippen LogP contribution is -2.30. The highest BCUT2D eigenvalue weighted by Crippen LogP contribution is 2.15. The van der Waals surface area contributed by atoms with Gasteiger partial charge in [0.15, 0.2) is 0 Å². The van der Waals surface area contributed by atoms with Crippen molar-refractivity contribution >= 4 is 5.97 Å². The van der Waals surface area contributed by atoms with Crippen molar-refractivity contribution in [1.82, 2.24) is 0 Å². The molecule has 0 aliphatic rings. The predicted molar refractivity (Wildman–Crippen MR) is 51.3 cm³/mol. The highest BCUT2D eigenvalue weighted by Gasteiger charge is 2.19. The zero-order valence-electron chi connectivity index (χ0n) is 9.22. The molecule has 3 heteroatoms. The third-order valence-corrected chi connectivity index (χ3v) is 1.31. The van der Waals surface area contributed by atoms with Crippen LogP contribution in [-0.4, -0.2) is 17.9 Å². The van der Waals surface area contributed by atoms with Crippen molar-refractivity contribution in [3.63, 3.8) is 0 Å². The van der Waals surface area contributed by atoms with Gasteiger partial charge in [-0.1, -0.05) is 13.3 Å². The first-order valence-corrected chi connectivity index (χ1v) is 4.70. The number of ether oxygens (including phenoxy) is 2. The summed E-state index contributed by atoms with van der Waals surface area (Å²) >= 11 is 0. The third kappa shape index (κ3) is 7.78. The first-order valence-electron chi connectivity index (χ1n) is 4.70. The summed E-state index contributed by atoms with van der Waals surface area (Å²) in [5.41, 5.74) is -0.269. The Morgan fingerprint density at radius 2 is 1.92 bits per heavy atom. The second-order valence-electron chi connectivity index (χ2n) is 4.06. The normalized spacial score (nSPS) is 13.9. The van der Waals surface area contributed by atoms with Gasteiger partial charge in [0.25, 0.3) is 0 Å². The molecule has 3 nitrogen and oxygen atoms in total. The Hall–Kier alpha value is -0.570. The summed E-state index contributed by atoms with van der Waals surface area (Å²) < 4.78 is 10.6. The maximum Gasteiger partial charge on any atom is 0.304 e. The minimum atomic E-state index is -0.400. The zero-order chi connectivity index (χ0) is 10.5. The van der Waals surface area contributed by atoms with Crippen LogP contribution in [0, 0.1) is 0 Å². The molecule has 78 valence electrons. The molecule has 0 radical (unpaired) electrons. The van der Waals surface area contributed by atoms with Crippen LogP contribution in [0.15, 0.2) is 0 Å². The van der Waals surface area contributed by atoms with Gasteiger partial charge in [-0.2, -0.15) is 0 Å². The summed E-state index contributed by atoms with van der Waals surface area (Å²) in [6.45, 7) is 9.26. The van der Waals surface area contributed by atoms with Crippen molar-refractivity contribution in [2.75, 3.05) is 0 Å². The molecule has 13 heavy (non-hydrogen) atoms. The summed E-state index contributed by atoms with van der Waals surface area (Å²) in [4.78, 5) is 10.7. The first-order chi connectivity index (χ1) is 5.85. The van der Waals surface area contributed by atoms with E-state index in [0.717, 1.165) is 12.8 Å². The summed E-state index contributed by atoms with van der Waals surface area (Å²) in [5, 5.41) is 0. The molecule has 1 atom stereocenters. The van der Waals surface area contributed by atoms with Crippen LogP contribution in [0.3, 0.4) is 0 Å². The van der Waals surface area contributed by atoms with Crippen molar-refractivity contribution in [2.45, 2.75) is 59.4 Å². The fraction of sp³-hybridized carbons (Fsp3) is 0.900. The molecular weight excluding hydrogens is 168 g/mol. The molecule has 0 N–H and O–H groups in total. The van der Waals surface area contributed by atoms with Gasteiger partial charge in [-0.3, -0.25) is 4.79 Å². The van der Waals surface area contributed by atoms with E-state index in [-0.39, 0.29) is 11.6 Å². The van der Waals surface area contributed by atoms with E-state index in [4.69, 9.17) is 9.47 Å². The van der Waals surface area contributed by atoms with Gasteiger partial charge < -0.3 is 9.47 Å². The molecule has 0 saturated heterocycles. The second kappa shape index (κ2) is 5.22. The molecule has 0 amide bonds. The number of carbonyl (C=O) groups excluding carboxylic acids is 1. The topological polar surface area (TPSA) is 35.5 Å². The SMILES string of the molecule is CCCC(OC(C)=O)OC(C)(C)C. The van der Waals surface area contributed by atoms with Gasteiger partial charge in [0.05, 0.1) is 5.60 Å². The van der Waals surface area contributed by atoms with Crippen molar-refractivity contribution < 1.29 is 14.3 Å². The van der Waals surface area contributed by atoms with E-state index in [1.165, 1.54) is 6.92 Å². The Morgan fingerprint density at radius 1 is 1.38 bits per heavy atom. The molecule has 0 spiro atoms. The van der Waals surface area contributed by atoms with Crippen LogP contribution in [0.1, 0.15) is 47.5 Å². The summed E-state index contributed by atoms with van der Waals surface area (Å²) in [6.07, 6.45) is 1.28. The Labute approximate surface area is 80.4 Å². The predicted octanol–water partition coefficient (Wildman–Crippen LogP) is 2.49. The summed E-state index contributed by atoms with van der Waals surface area (Å²) in [6, 6.07) is 0. The zero-order valence-corrected chi connectivity index (χ0v) is 9.22. The number of hydrogen-bond acceptors (Lipinski definition) is 3. The largest absolute Gasteiger partial charge is 0.436 e. The van der Waals surface area contributed by atoms with E-state index in [2.05, 4.69) is 0 Å². The summed E-state index contributed by atoms with van der Waals surface area (Å²) in [5.74, 6) is -0.289. The van der Waals surface area contributed by atoms with E-state index in [1.807, 2.05) is 27.7 Å². The standard InChI is InChI=1S/C10H20O3/c1-6-7-9(12-8(2)11)13-10(3,4)5/h9H,6-7H2,1-5H3. The molecule has 0 aromatic rings. The van der Waals surface area contributed by atoms with Crippen LogP contribution in [-0.2, 0) is 14.3 Å². The molecule has 0 aromatic heterocycles. The van der Waals surface area contributed by atoms with Crippen LogP contribution in [0.2, 0.25) is 0 Å². The molecule has 0 aliphatic heterocycles. The second-order valence-corrected chi connectivity index (χ2v) is 4.06. The lowest BCUT2D eigenvalue weighted by atomic mass is 10.2. The van der Waals surface area contributed by atoms with E-state index in [0.29, 0.717) is 0 Å². The molecule has 0 saturated carbocycles. The molecule has 0 fully saturated rings. The van der Waals surface area contributed by atoms with Gasteiger partial charge in [0.1, 0.15) is 0 Å². The van der Waals surface area contributed by atoms with E-state index in [9.17, 15) is 4.79 Å². The highest BCUT2D eigenvalue weighted by atomic mass is 16.7. The van der Waals surface area contributed by atoms with Gasteiger partial charge in [-0.25, -0.2) is 0 Å². The Bertz CT molecular complexity index is 158. The summed E-state index contributed by atoms with van der Waals surface area (Å²) in [7, 11) is 0. The van der Waals surface area contributed by atoms with Crippen LogP contribution in [0.4, 0.5) is 0 Å². The van der Waals surface area contributed by atoms with E-state index < -0.39 is 6.29 Å². The quantitative estimate of drug-likeness (QED) is 0.502. The van der Waals surface area contributed by atoms with Gasteiger partial charge in [-0.15, -0.1) is 0 Å². The Kier molecular flexibility index (Phi) is 4.99. The average Bonchev–Trinajstić information content (AvgIpc) is 1.81. The fourth-order valence-corrected chi connectivity index (χ4v) is 0.957. The van der Waals surface area contributed by atoms with Crippen LogP contribution in [0.25, 0.3) is 0 Å². The van der Waals surface area contributed by atoms with Crippen LogP contribution < -0.4 is 0 Å². The molecule has 0 aromatic carbocycles. The molecule has 0 aliphatic carbocycles. The number of esters is 1. The van der Waals surface area contributed by atoms with E-state index >= 15 is 0 Å². The minimum absolute atomic E-state index is 0.269. The number of carbonyl (C=O) groups is 1. The average molecular weight is 188 g/mol. The first kappa shape index (κ1) is 12.4. The maximum atomic E-state index is 10.7. The molecular formula is C10H20O3. The Balaban J connectivity index is 4.01. The molecule has 0 heterocycles. The third-order valence-electron chi connectivity index (χ3n) is 1.31. The van der Waals surface area contributed by atoms with Gasteiger partial charge in [0, 0.05) is 13.3 Å². The van der Waals surface area contributed by atoms with Crippen molar-refractivity contribution in [2.24, 2.45) is 0 Å². The van der Waals surface area contributed by atoms with Crippen LogP contribution in [0.5, 0.6) is 0 Å². The molecule has 0 rings (SSSR count). The lowest BCUT2D eigenvalue weighted by Gasteiger charge is -2.26. The molecule has 0 bridgehead atoms. The Morgan fingerprint density at radius 3 is 2.23 bits per heavy atom. The van der Waals surface area contributed by atoms with Gasteiger partial charge >= 0.3 is 5.97 Å². The number of rotatable bonds is 4. The van der Waals surface area contributed by atoms with Gasteiger partial charge in [0.2, 0.25) is 6.29 Å². The van der Waals surface area contributed by atoms with E-state index in [1.54, 1.807) is 0 Å². The minimum Gasteiger partial charge on any atom is -0.436 e. The monoisotopic (exact) mass is 188 g/mol. The van der Waals surface area contributed by atoms with Crippen molar-refractivity contribution in [3.8, 4) is 0 Å². The number of hydrogen-bond donors (Lipinski definition) is 0. The lowest BCUT2D eigenvalue weighted by molar-refractivity contribution is -0.202. The maximum absolute atomic E-state index is 10.7. The fourth-order valence-electron chi connectivity index (χ4n) is 0.957. The van der Waals surface area contributed by atoms with Crippen molar-refractivity contribution in [3.05, 3.63) is 0 Å². The van der Waals surface area contributed by atoms with Gasteiger partial charge in [-0.05, 0) is 20.8 Å². The van der Waals surface area contributed by atoms with Crippen LogP contribution >= 0.6 is 0 Å². The molecule has 1 unspecified atom stereocenters. The smallest absolute Gasteiger partial charge is 0.304 e. The van der Waals surface area contributed by atoms with Crippen molar-refractivity contribution in [1.29, 1.82) is 0 Å².